The molecule has 0 unspecified atom stereocenters. The number of amides is 1. The van der Waals surface area contributed by atoms with Crippen molar-refractivity contribution in [2.24, 2.45) is 5.92 Å². The average molecular weight is 301 g/mol. The maximum Gasteiger partial charge on any atom is 0.227 e. The molecule has 0 aliphatic rings. The first-order chi connectivity index (χ1) is 10.5. The second-order valence-electron chi connectivity index (χ2n) is 5.50. The number of aromatic nitrogens is 2. The van der Waals surface area contributed by atoms with Crippen LogP contribution in [0.5, 0.6) is 5.75 Å². The number of hydrogen-bond acceptors (Lipinski definition) is 3. The van der Waals surface area contributed by atoms with E-state index in [0.29, 0.717) is 6.54 Å². The number of hydrogen-bond donors (Lipinski definition) is 0. The van der Waals surface area contributed by atoms with E-state index in [0.717, 1.165) is 11.3 Å². The molecule has 0 radical (unpaired) electrons. The van der Waals surface area contributed by atoms with Gasteiger partial charge in [-0.15, -0.1) is 0 Å². The minimum Gasteiger partial charge on any atom is -0.496 e. The van der Waals surface area contributed by atoms with Crippen molar-refractivity contribution in [1.82, 2.24) is 14.7 Å². The summed E-state index contributed by atoms with van der Waals surface area (Å²) in [5, 5.41) is 4.15. The minimum atomic E-state index is -0.137. The molecule has 1 aromatic carbocycles. The number of carbonyl (C=O) groups excluding carboxylic acids is 1. The van der Waals surface area contributed by atoms with Gasteiger partial charge in [0.2, 0.25) is 5.91 Å². The van der Waals surface area contributed by atoms with Crippen molar-refractivity contribution >= 4 is 5.91 Å². The second-order valence-corrected chi connectivity index (χ2v) is 5.50. The van der Waals surface area contributed by atoms with Crippen molar-refractivity contribution in [2.75, 3.05) is 14.2 Å². The highest BCUT2D eigenvalue weighted by Gasteiger charge is 2.24. The van der Waals surface area contributed by atoms with E-state index < -0.39 is 0 Å². The summed E-state index contributed by atoms with van der Waals surface area (Å²) in [7, 11) is 3.48. The molecule has 0 spiro atoms. The molecule has 5 heteroatoms. The maximum absolute atomic E-state index is 12.6. The number of carbonyl (C=O) groups is 1. The molecule has 1 amide bonds. The zero-order valence-electron chi connectivity index (χ0n) is 13.6. The van der Waals surface area contributed by atoms with E-state index >= 15 is 0 Å². The zero-order chi connectivity index (χ0) is 16.1. The van der Waals surface area contributed by atoms with E-state index in [-0.39, 0.29) is 17.9 Å². The lowest BCUT2D eigenvalue weighted by molar-refractivity contribution is -0.136. The molecular weight excluding hydrogens is 278 g/mol. The smallest absolute Gasteiger partial charge is 0.227 e. The van der Waals surface area contributed by atoms with Gasteiger partial charge in [0.05, 0.1) is 25.6 Å². The first-order valence-corrected chi connectivity index (χ1v) is 7.41. The summed E-state index contributed by atoms with van der Waals surface area (Å²) in [6.45, 7) is 4.51. The predicted octanol–water partition coefficient (Wildman–Crippen LogP) is 2.75. The van der Waals surface area contributed by atoms with E-state index in [1.54, 1.807) is 22.9 Å². The average Bonchev–Trinajstić information content (AvgIpc) is 3.05. The van der Waals surface area contributed by atoms with Crippen LogP contribution in [0.15, 0.2) is 42.7 Å². The van der Waals surface area contributed by atoms with Gasteiger partial charge >= 0.3 is 0 Å². The van der Waals surface area contributed by atoms with Crippen LogP contribution in [-0.4, -0.2) is 34.7 Å². The molecule has 0 N–H and O–H groups in total. The molecule has 118 valence electrons. The fourth-order valence-electron chi connectivity index (χ4n) is 2.53. The highest BCUT2D eigenvalue weighted by atomic mass is 16.5. The normalized spacial score (nSPS) is 13.5. The Bertz CT molecular complexity index is 610. The van der Waals surface area contributed by atoms with Gasteiger partial charge < -0.3 is 9.64 Å². The maximum atomic E-state index is 12.6. The summed E-state index contributed by atoms with van der Waals surface area (Å²) in [5.74, 6) is 0.755. The molecule has 0 saturated heterocycles. The van der Waals surface area contributed by atoms with Gasteiger partial charge in [0.25, 0.3) is 0 Å². The molecule has 22 heavy (non-hydrogen) atoms. The summed E-state index contributed by atoms with van der Waals surface area (Å²) < 4.78 is 7.17. The highest BCUT2D eigenvalue weighted by Crippen LogP contribution is 2.28. The predicted molar refractivity (Wildman–Crippen MR) is 85.6 cm³/mol. The van der Waals surface area contributed by atoms with Crippen LogP contribution in [0, 0.1) is 5.92 Å². The Morgan fingerprint density at radius 3 is 2.68 bits per heavy atom. The van der Waals surface area contributed by atoms with Crippen molar-refractivity contribution in [3.05, 3.63) is 48.3 Å². The van der Waals surface area contributed by atoms with E-state index in [1.165, 1.54) is 0 Å². The quantitative estimate of drug-likeness (QED) is 0.824. The molecule has 0 saturated carbocycles. The molecule has 2 aromatic rings. The Balaban J connectivity index is 2.09. The van der Waals surface area contributed by atoms with Crippen LogP contribution in [0.4, 0.5) is 0 Å². The van der Waals surface area contributed by atoms with Gasteiger partial charge in [-0.3, -0.25) is 9.48 Å². The Morgan fingerprint density at radius 1 is 1.32 bits per heavy atom. The topological polar surface area (TPSA) is 47.4 Å². The van der Waals surface area contributed by atoms with Crippen molar-refractivity contribution in [2.45, 2.75) is 26.4 Å². The molecule has 0 aliphatic carbocycles. The summed E-state index contributed by atoms with van der Waals surface area (Å²) in [4.78, 5) is 14.4. The molecule has 2 atom stereocenters. The number of ether oxygens (including phenoxy) is 1. The number of rotatable bonds is 6. The van der Waals surface area contributed by atoms with Gasteiger partial charge in [-0.1, -0.05) is 25.1 Å². The first-order valence-electron chi connectivity index (χ1n) is 7.41. The third kappa shape index (κ3) is 3.47. The van der Waals surface area contributed by atoms with Crippen LogP contribution in [0.25, 0.3) is 0 Å². The van der Waals surface area contributed by atoms with Gasteiger partial charge in [0, 0.05) is 25.0 Å². The number of para-hydroxylation sites is 1. The van der Waals surface area contributed by atoms with Crippen LogP contribution in [-0.2, 0) is 11.3 Å². The molecule has 1 heterocycles. The van der Waals surface area contributed by atoms with Gasteiger partial charge in [-0.2, -0.15) is 5.10 Å². The third-order valence-corrected chi connectivity index (χ3v) is 3.96. The van der Waals surface area contributed by atoms with Crippen molar-refractivity contribution in [3.8, 4) is 5.75 Å². The van der Waals surface area contributed by atoms with E-state index in [1.807, 2.05) is 57.4 Å². The zero-order valence-corrected chi connectivity index (χ0v) is 13.6. The van der Waals surface area contributed by atoms with Crippen LogP contribution in [0.3, 0.4) is 0 Å². The lowest BCUT2D eigenvalue weighted by Crippen LogP contribution is -2.35. The first kappa shape index (κ1) is 16.1. The Morgan fingerprint density at radius 2 is 2.05 bits per heavy atom. The van der Waals surface area contributed by atoms with E-state index in [4.69, 9.17) is 4.74 Å². The van der Waals surface area contributed by atoms with Crippen LogP contribution in [0.1, 0.15) is 25.5 Å². The largest absolute Gasteiger partial charge is 0.496 e. The van der Waals surface area contributed by atoms with Crippen molar-refractivity contribution < 1.29 is 9.53 Å². The fourth-order valence-corrected chi connectivity index (χ4v) is 2.53. The number of methoxy groups -OCH3 is 1. The number of benzene rings is 1. The highest BCUT2D eigenvalue weighted by molar-refractivity contribution is 5.78. The SMILES string of the molecule is COc1ccccc1[C@@H](C)N(C)C(=O)[C@@H](C)Cn1cccn1. The Labute approximate surface area is 131 Å². The van der Waals surface area contributed by atoms with Gasteiger partial charge in [0.15, 0.2) is 0 Å². The van der Waals surface area contributed by atoms with E-state index in [9.17, 15) is 4.79 Å². The Kier molecular flexibility index (Phi) is 5.20. The van der Waals surface area contributed by atoms with Crippen molar-refractivity contribution in [3.63, 3.8) is 0 Å². The minimum absolute atomic E-state index is 0.0521. The third-order valence-electron chi connectivity index (χ3n) is 3.96. The Hall–Kier alpha value is -2.30. The molecule has 0 fully saturated rings. The molecule has 1 aromatic heterocycles. The van der Waals surface area contributed by atoms with E-state index in [2.05, 4.69) is 5.10 Å². The van der Waals surface area contributed by atoms with Gasteiger partial charge in [0.1, 0.15) is 5.75 Å². The molecule has 0 aliphatic heterocycles. The van der Waals surface area contributed by atoms with Crippen LogP contribution in [0.2, 0.25) is 0 Å². The molecule has 5 nitrogen and oxygen atoms in total. The summed E-state index contributed by atoms with van der Waals surface area (Å²) in [6, 6.07) is 9.60. The molecule has 2 rings (SSSR count). The van der Waals surface area contributed by atoms with Gasteiger partial charge in [-0.05, 0) is 19.1 Å². The monoisotopic (exact) mass is 301 g/mol. The lowest BCUT2D eigenvalue weighted by Gasteiger charge is -2.29. The summed E-state index contributed by atoms with van der Waals surface area (Å²) in [6.07, 6.45) is 3.59. The fraction of sp³-hybridized carbons (Fsp3) is 0.412. The molecule has 0 bridgehead atoms. The lowest BCUT2D eigenvalue weighted by atomic mass is 10.0. The van der Waals surface area contributed by atoms with Crippen LogP contribution >= 0.6 is 0 Å². The standard InChI is InChI=1S/C17H23N3O2/c1-13(12-20-11-7-10-18-20)17(21)19(3)14(2)15-8-5-6-9-16(15)22-4/h5-11,13-14H,12H2,1-4H3/t13-,14+/m0/s1. The van der Waals surface area contributed by atoms with Crippen LogP contribution < -0.4 is 4.74 Å². The van der Waals surface area contributed by atoms with Crippen molar-refractivity contribution in [1.29, 1.82) is 0 Å². The molecular formula is C17H23N3O2. The summed E-state index contributed by atoms with van der Waals surface area (Å²) >= 11 is 0. The second kappa shape index (κ2) is 7.11. The summed E-state index contributed by atoms with van der Waals surface area (Å²) in [5.41, 5.74) is 1.01. The number of nitrogens with zero attached hydrogens (tertiary/aromatic N) is 3. The van der Waals surface area contributed by atoms with Gasteiger partial charge in [-0.25, -0.2) is 0 Å².